The number of unbranched alkanes of at least 4 members (excludes halogenated alkanes) is 14. The Morgan fingerprint density at radius 3 is 1.27 bits per heavy atom. The molecule has 0 saturated heterocycles. The van der Waals surface area contributed by atoms with Gasteiger partial charge >= 0.3 is 0 Å². The molecule has 0 aliphatic rings. The molecule has 0 unspecified atom stereocenters. The van der Waals surface area contributed by atoms with Crippen LogP contribution in [-0.2, 0) is 25.7 Å². The molecule has 0 atom stereocenters. The van der Waals surface area contributed by atoms with Gasteiger partial charge in [-0.2, -0.15) is 0 Å². The van der Waals surface area contributed by atoms with Crippen LogP contribution >= 0.6 is 0 Å². The van der Waals surface area contributed by atoms with Gasteiger partial charge in [0.2, 0.25) is 0 Å². The van der Waals surface area contributed by atoms with Gasteiger partial charge in [0.1, 0.15) is 5.75 Å². The summed E-state index contributed by atoms with van der Waals surface area (Å²) in [5.41, 5.74) is 8.05. The first-order valence-electron chi connectivity index (χ1n) is 17.2. The monoisotopic (exact) mass is 554 g/mol. The van der Waals surface area contributed by atoms with E-state index in [1.54, 1.807) is 0 Å². The van der Waals surface area contributed by atoms with Crippen LogP contribution in [0.5, 0.6) is 5.75 Å². The number of rotatable bonds is 22. The second-order valence-electron chi connectivity index (χ2n) is 12.3. The van der Waals surface area contributed by atoms with Crippen LogP contribution < -0.4 is 0 Å². The maximum absolute atomic E-state index is 11.0. The third kappa shape index (κ3) is 12.5. The fourth-order valence-electron chi connectivity index (χ4n) is 6.23. The maximum Gasteiger partial charge on any atom is 0.119 e. The van der Waals surface area contributed by atoms with Crippen molar-refractivity contribution in [3.05, 3.63) is 100 Å². The van der Waals surface area contributed by atoms with Crippen molar-refractivity contribution < 1.29 is 5.11 Å². The summed E-state index contributed by atoms with van der Waals surface area (Å²) in [6.45, 7) is 4.57. The summed E-state index contributed by atoms with van der Waals surface area (Å²) in [5, 5.41) is 11.0. The van der Waals surface area contributed by atoms with Crippen LogP contribution in [0.3, 0.4) is 0 Å². The van der Waals surface area contributed by atoms with Crippen molar-refractivity contribution in [2.24, 2.45) is 0 Å². The first-order chi connectivity index (χ1) is 20.2. The standard InChI is InChI=1S/C40H58O/c1-3-5-7-9-11-13-15-17-24-34-26-19-21-28-36(34)32-38-30-23-31-40(41)39(38)33-37-29-22-20-27-35(37)25-18-16-14-12-10-8-6-4-2/h19-23,26-31,41H,3-18,24-25,32-33H2,1-2H3. The third-order valence-electron chi connectivity index (χ3n) is 8.83. The summed E-state index contributed by atoms with van der Waals surface area (Å²) < 4.78 is 0. The molecule has 0 saturated carbocycles. The molecule has 0 radical (unpaired) electrons. The molecule has 0 amide bonds. The molecule has 3 rings (SSSR count). The number of phenols is 1. The van der Waals surface area contributed by atoms with E-state index in [1.807, 2.05) is 12.1 Å². The van der Waals surface area contributed by atoms with E-state index in [4.69, 9.17) is 0 Å². The lowest BCUT2D eigenvalue weighted by Crippen LogP contribution is -2.03. The van der Waals surface area contributed by atoms with Gasteiger partial charge in [0.25, 0.3) is 0 Å². The lowest BCUT2D eigenvalue weighted by molar-refractivity contribution is 0.468. The molecule has 1 nitrogen and oxygen atoms in total. The fourth-order valence-corrected chi connectivity index (χ4v) is 6.23. The van der Waals surface area contributed by atoms with E-state index in [-0.39, 0.29) is 0 Å². The summed E-state index contributed by atoms with van der Waals surface area (Å²) >= 11 is 0. The molecular formula is C40H58O. The van der Waals surface area contributed by atoms with E-state index in [9.17, 15) is 5.11 Å². The first-order valence-corrected chi connectivity index (χ1v) is 17.2. The number of phenolic OH excluding ortho intramolecular Hbond substituents is 1. The van der Waals surface area contributed by atoms with Gasteiger partial charge in [-0.1, -0.05) is 164 Å². The Hall–Kier alpha value is -2.54. The van der Waals surface area contributed by atoms with Crippen molar-refractivity contribution in [2.45, 2.75) is 142 Å². The third-order valence-corrected chi connectivity index (χ3v) is 8.83. The molecule has 0 fully saturated rings. The van der Waals surface area contributed by atoms with Crippen molar-refractivity contribution in [3.63, 3.8) is 0 Å². The van der Waals surface area contributed by atoms with E-state index < -0.39 is 0 Å². The largest absolute Gasteiger partial charge is 0.508 e. The molecule has 0 spiro atoms. The Bertz CT molecular complexity index is 1100. The Morgan fingerprint density at radius 1 is 0.390 bits per heavy atom. The van der Waals surface area contributed by atoms with Gasteiger partial charge in [0.15, 0.2) is 0 Å². The molecule has 0 aliphatic carbocycles. The summed E-state index contributed by atoms with van der Waals surface area (Å²) in [7, 11) is 0. The highest BCUT2D eigenvalue weighted by Crippen LogP contribution is 2.29. The molecule has 3 aromatic rings. The molecule has 3 aromatic carbocycles. The molecule has 1 N–H and O–H groups in total. The predicted octanol–water partition coefficient (Wildman–Crippen LogP) is 11.9. The van der Waals surface area contributed by atoms with Crippen LogP contribution in [0, 0.1) is 0 Å². The van der Waals surface area contributed by atoms with Gasteiger partial charge in [0, 0.05) is 12.0 Å². The number of aromatic hydroxyl groups is 1. The second-order valence-corrected chi connectivity index (χ2v) is 12.3. The van der Waals surface area contributed by atoms with Crippen LogP contribution in [-0.4, -0.2) is 5.11 Å². The van der Waals surface area contributed by atoms with Crippen molar-refractivity contribution in [1.82, 2.24) is 0 Å². The molecule has 0 aromatic heterocycles. The highest BCUT2D eigenvalue weighted by atomic mass is 16.3. The summed E-state index contributed by atoms with van der Waals surface area (Å²) in [6, 6.07) is 24.0. The van der Waals surface area contributed by atoms with Gasteiger partial charge < -0.3 is 5.11 Å². The molecule has 224 valence electrons. The number of benzene rings is 3. The van der Waals surface area contributed by atoms with E-state index in [2.05, 4.69) is 68.4 Å². The van der Waals surface area contributed by atoms with E-state index in [1.165, 1.54) is 131 Å². The average molecular weight is 555 g/mol. The number of hydrogen-bond acceptors (Lipinski definition) is 1. The van der Waals surface area contributed by atoms with Crippen LogP contribution in [0.15, 0.2) is 66.7 Å². The highest BCUT2D eigenvalue weighted by molar-refractivity contribution is 5.47. The van der Waals surface area contributed by atoms with Gasteiger partial charge in [-0.25, -0.2) is 0 Å². The molecule has 41 heavy (non-hydrogen) atoms. The van der Waals surface area contributed by atoms with Crippen LogP contribution in [0.1, 0.15) is 150 Å². The normalized spacial score (nSPS) is 11.3. The van der Waals surface area contributed by atoms with Crippen LogP contribution in [0.25, 0.3) is 0 Å². The Balaban J connectivity index is 1.58. The van der Waals surface area contributed by atoms with Crippen molar-refractivity contribution in [1.29, 1.82) is 0 Å². The Labute approximate surface area is 252 Å². The molecule has 0 bridgehead atoms. The van der Waals surface area contributed by atoms with Crippen molar-refractivity contribution in [3.8, 4) is 5.75 Å². The molecule has 1 heteroatoms. The molecule has 0 aliphatic heterocycles. The summed E-state index contributed by atoms with van der Waals surface area (Å²) in [4.78, 5) is 0. The zero-order valence-corrected chi connectivity index (χ0v) is 26.4. The Morgan fingerprint density at radius 2 is 0.780 bits per heavy atom. The minimum Gasteiger partial charge on any atom is -0.508 e. The molecule has 0 heterocycles. The Kier molecular flexibility index (Phi) is 16.4. The lowest BCUT2D eigenvalue weighted by Gasteiger charge is -2.16. The van der Waals surface area contributed by atoms with Gasteiger partial charge in [-0.15, -0.1) is 0 Å². The smallest absolute Gasteiger partial charge is 0.119 e. The van der Waals surface area contributed by atoms with E-state index >= 15 is 0 Å². The fraction of sp³-hybridized carbons (Fsp3) is 0.550. The van der Waals surface area contributed by atoms with Gasteiger partial charge in [-0.05, 0) is 66.0 Å². The minimum atomic E-state index is 0.435. The first kappa shape index (κ1) is 33.0. The molecular weight excluding hydrogens is 496 g/mol. The van der Waals surface area contributed by atoms with E-state index in [0.29, 0.717) is 5.75 Å². The van der Waals surface area contributed by atoms with E-state index in [0.717, 1.165) is 31.2 Å². The van der Waals surface area contributed by atoms with Crippen LogP contribution in [0.4, 0.5) is 0 Å². The van der Waals surface area contributed by atoms with Gasteiger partial charge in [-0.3, -0.25) is 0 Å². The predicted molar refractivity (Wildman–Crippen MR) is 179 cm³/mol. The van der Waals surface area contributed by atoms with Crippen LogP contribution in [0.2, 0.25) is 0 Å². The number of aryl methyl sites for hydroxylation is 2. The van der Waals surface area contributed by atoms with Crippen molar-refractivity contribution in [2.75, 3.05) is 0 Å². The summed E-state index contributed by atoms with van der Waals surface area (Å²) in [6.07, 6.45) is 25.6. The zero-order chi connectivity index (χ0) is 29.0. The average Bonchev–Trinajstić information content (AvgIpc) is 2.99. The van der Waals surface area contributed by atoms with Gasteiger partial charge in [0.05, 0.1) is 0 Å². The number of hydrogen-bond donors (Lipinski definition) is 1. The SMILES string of the molecule is CCCCCCCCCCc1ccccc1Cc1cccc(O)c1Cc1ccccc1CCCCCCCCCC. The highest BCUT2D eigenvalue weighted by Gasteiger charge is 2.13. The lowest BCUT2D eigenvalue weighted by atomic mass is 9.89. The summed E-state index contributed by atoms with van der Waals surface area (Å²) in [5.74, 6) is 0.435. The second kappa shape index (κ2) is 20.4. The zero-order valence-electron chi connectivity index (χ0n) is 26.4. The maximum atomic E-state index is 11.0. The topological polar surface area (TPSA) is 20.2 Å². The quantitative estimate of drug-likeness (QED) is 0.122. The van der Waals surface area contributed by atoms with Crippen molar-refractivity contribution >= 4 is 0 Å². The minimum absolute atomic E-state index is 0.435.